The van der Waals surface area contributed by atoms with E-state index >= 15 is 0 Å². The molecule has 2 N–H and O–H groups in total. The summed E-state index contributed by atoms with van der Waals surface area (Å²) < 4.78 is 9.94. The highest BCUT2D eigenvalue weighted by molar-refractivity contribution is 5.71. The molecule has 1 aliphatic rings. The summed E-state index contributed by atoms with van der Waals surface area (Å²) in [7, 11) is 1.34. The zero-order valence-corrected chi connectivity index (χ0v) is 9.23. The van der Waals surface area contributed by atoms with Gasteiger partial charge >= 0.3 is 5.97 Å². The first-order valence-corrected chi connectivity index (χ1v) is 5.26. The third-order valence-electron chi connectivity index (χ3n) is 2.75. The lowest BCUT2D eigenvalue weighted by molar-refractivity contribution is -0.142. The molecule has 1 unspecified atom stereocenters. The number of methoxy groups -OCH3 is 1. The maximum absolute atomic E-state index is 11.0. The molecule has 2 rings (SSSR count). The van der Waals surface area contributed by atoms with Gasteiger partial charge in [0, 0.05) is 6.04 Å². The molecule has 0 fully saturated rings. The van der Waals surface area contributed by atoms with Gasteiger partial charge in [0.05, 0.1) is 7.11 Å². The van der Waals surface area contributed by atoms with Crippen LogP contribution in [0.25, 0.3) is 0 Å². The van der Waals surface area contributed by atoms with E-state index in [1.54, 1.807) is 0 Å². The molecule has 1 aliphatic carbocycles. The highest BCUT2D eigenvalue weighted by atomic mass is 16.6. The normalized spacial score (nSPS) is 18.0. The van der Waals surface area contributed by atoms with Crippen molar-refractivity contribution in [2.45, 2.75) is 18.9 Å². The first-order valence-electron chi connectivity index (χ1n) is 5.26. The molecule has 16 heavy (non-hydrogen) atoms. The van der Waals surface area contributed by atoms with E-state index in [0.717, 1.165) is 24.2 Å². The molecule has 86 valence electrons. The largest absolute Gasteiger partial charge is 0.482 e. The summed E-state index contributed by atoms with van der Waals surface area (Å²) in [4.78, 5) is 11.0. The van der Waals surface area contributed by atoms with Crippen LogP contribution in [-0.4, -0.2) is 25.7 Å². The molecule has 4 nitrogen and oxygen atoms in total. The van der Waals surface area contributed by atoms with Gasteiger partial charge in [-0.25, -0.2) is 4.79 Å². The van der Waals surface area contributed by atoms with Crippen LogP contribution >= 0.6 is 0 Å². The summed E-state index contributed by atoms with van der Waals surface area (Å²) in [6.45, 7) is -0.0534. The minimum Gasteiger partial charge on any atom is -0.482 e. The van der Waals surface area contributed by atoms with Crippen LogP contribution in [-0.2, 0) is 22.4 Å². The maximum Gasteiger partial charge on any atom is 0.343 e. The minimum atomic E-state index is -0.375. The van der Waals surface area contributed by atoms with Gasteiger partial charge in [0.25, 0.3) is 0 Å². The van der Waals surface area contributed by atoms with E-state index in [9.17, 15) is 4.79 Å². The molecule has 0 amide bonds. The zero-order valence-electron chi connectivity index (χ0n) is 9.23. The molecule has 0 heterocycles. The number of hydrogen-bond donors (Lipinski definition) is 1. The van der Waals surface area contributed by atoms with Crippen LogP contribution in [0, 0.1) is 0 Å². The van der Waals surface area contributed by atoms with E-state index in [1.165, 1.54) is 12.7 Å². The van der Waals surface area contributed by atoms with Crippen molar-refractivity contribution in [3.05, 3.63) is 29.3 Å². The number of carbonyl (C=O) groups excluding carboxylic acids is 1. The van der Waals surface area contributed by atoms with Gasteiger partial charge < -0.3 is 15.2 Å². The Hall–Kier alpha value is -1.55. The first-order chi connectivity index (χ1) is 7.70. The lowest BCUT2D eigenvalue weighted by Crippen LogP contribution is -2.19. The van der Waals surface area contributed by atoms with Crippen LogP contribution in [0.3, 0.4) is 0 Å². The Bertz CT molecular complexity index is 403. The van der Waals surface area contributed by atoms with Gasteiger partial charge in [0.15, 0.2) is 6.61 Å². The molecule has 0 spiro atoms. The standard InChI is InChI=1S/C12H15NO3/c1-15-12(14)7-16-11-4-2-3-8-5-9(13)6-10(8)11/h2-4,9H,5-7,13H2,1H3. The SMILES string of the molecule is COC(=O)COc1cccc2c1CC(N)C2. The van der Waals surface area contributed by atoms with E-state index in [-0.39, 0.29) is 18.6 Å². The van der Waals surface area contributed by atoms with Gasteiger partial charge in [-0.2, -0.15) is 0 Å². The number of rotatable bonds is 3. The predicted molar refractivity (Wildman–Crippen MR) is 59.3 cm³/mol. The number of hydrogen-bond acceptors (Lipinski definition) is 4. The monoisotopic (exact) mass is 221 g/mol. The molecule has 1 aromatic rings. The van der Waals surface area contributed by atoms with Gasteiger partial charge in [0.2, 0.25) is 0 Å². The summed E-state index contributed by atoms with van der Waals surface area (Å²) in [6, 6.07) is 5.99. The molecular weight excluding hydrogens is 206 g/mol. The molecule has 0 saturated carbocycles. The summed E-state index contributed by atoms with van der Waals surface area (Å²) in [5.41, 5.74) is 8.23. The molecule has 0 saturated heterocycles. The number of fused-ring (bicyclic) bond motifs is 1. The van der Waals surface area contributed by atoms with Crippen LogP contribution in [0.4, 0.5) is 0 Å². The van der Waals surface area contributed by atoms with Crippen molar-refractivity contribution in [3.63, 3.8) is 0 Å². The van der Waals surface area contributed by atoms with E-state index in [4.69, 9.17) is 10.5 Å². The number of esters is 1. The smallest absolute Gasteiger partial charge is 0.343 e. The fourth-order valence-corrected chi connectivity index (χ4v) is 1.98. The highest BCUT2D eigenvalue weighted by Gasteiger charge is 2.21. The second kappa shape index (κ2) is 4.53. The second-order valence-electron chi connectivity index (χ2n) is 3.93. The van der Waals surface area contributed by atoms with Crippen molar-refractivity contribution < 1.29 is 14.3 Å². The molecular formula is C12H15NO3. The van der Waals surface area contributed by atoms with Gasteiger partial charge in [-0.15, -0.1) is 0 Å². The molecule has 0 radical (unpaired) electrons. The Morgan fingerprint density at radius 3 is 3.06 bits per heavy atom. The summed E-state index contributed by atoms with van der Waals surface area (Å²) in [5.74, 6) is 0.371. The minimum absolute atomic E-state index is 0.0534. The quantitative estimate of drug-likeness (QED) is 0.762. The van der Waals surface area contributed by atoms with Crippen molar-refractivity contribution in [1.82, 2.24) is 0 Å². The third kappa shape index (κ3) is 2.17. The van der Waals surface area contributed by atoms with Crippen molar-refractivity contribution in [1.29, 1.82) is 0 Å². The molecule has 1 aromatic carbocycles. The maximum atomic E-state index is 11.0. The van der Waals surface area contributed by atoms with Crippen molar-refractivity contribution in [3.8, 4) is 5.75 Å². The fraction of sp³-hybridized carbons (Fsp3) is 0.417. The topological polar surface area (TPSA) is 61.5 Å². The number of benzene rings is 1. The van der Waals surface area contributed by atoms with Crippen molar-refractivity contribution in [2.24, 2.45) is 5.73 Å². The Kier molecular flexibility index (Phi) is 3.10. The second-order valence-corrected chi connectivity index (χ2v) is 3.93. The Morgan fingerprint density at radius 1 is 1.50 bits per heavy atom. The average Bonchev–Trinajstić information content (AvgIpc) is 2.66. The first kappa shape index (κ1) is 11.0. The molecule has 0 aliphatic heterocycles. The molecule has 0 bridgehead atoms. The van der Waals surface area contributed by atoms with E-state index in [0.29, 0.717) is 0 Å². The van der Waals surface area contributed by atoms with E-state index < -0.39 is 0 Å². The van der Waals surface area contributed by atoms with E-state index in [2.05, 4.69) is 4.74 Å². The van der Waals surface area contributed by atoms with Crippen LogP contribution in [0.15, 0.2) is 18.2 Å². The highest BCUT2D eigenvalue weighted by Crippen LogP contribution is 2.29. The summed E-state index contributed by atoms with van der Waals surface area (Å²) in [5, 5.41) is 0. The molecule has 1 atom stereocenters. The van der Waals surface area contributed by atoms with Crippen LogP contribution < -0.4 is 10.5 Å². The molecule has 4 heteroatoms. The van der Waals surface area contributed by atoms with Crippen LogP contribution in [0.1, 0.15) is 11.1 Å². The number of nitrogens with two attached hydrogens (primary N) is 1. The Labute approximate surface area is 94.3 Å². The summed E-state index contributed by atoms with van der Waals surface area (Å²) >= 11 is 0. The lowest BCUT2D eigenvalue weighted by Gasteiger charge is -2.09. The van der Waals surface area contributed by atoms with Crippen molar-refractivity contribution in [2.75, 3.05) is 13.7 Å². The third-order valence-corrected chi connectivity index (χ3v) is 2.75. The van der Waals surface area contributed by atoms with Gasteiger partial charge in [-0.1, -0.05) is 12.1 Å². The fourth-order valence-electron chi connectivity index (χ4n) is 1.98. The van der Waals surface area contributed by atoms with Gasteiger partial charge in [-0.3, -0.25) is 0 Å². The van der Waals surface area contributed by atoms with Crippen molar-refractivity contribution >= 4 is 5.97 Å². The van der Waals surface area contributed by atoms with Gasteiger partial charge in [-0.05, 0) is 30.0 Å². The Balaban J connectivity index is 2.11. The van der Waals surface area contributed by atoms with Crippen LogP contribution in [0.2, 0.25) is 0 Å². The lowest BCUT2D eigenvalue weighted by atomic mass is 10.1. The van der Waals surface area contributed by atoms with Crippen LogP contribution in [0.5, 0.6) is 5.75 Å². The zero-order chi connectivity index (χ0) is 11.5. The Morgan fingerprint density at radius 2 is 2.31 bits per heavy atom. The number of carbonyl (C=O) groups is 1. The summed E-state index contributed by atoms with van der Waals surface area (Å²) in [6.07, 6.45) is 1.69. The van der Waals surface area contributed by atoms with Gasteiger partial charge in [0.1, 0.15) is 5.75 Å². The van der Waals surface area contributed by atoms with E-state index in [1.807, 2.05) is 18.2 Å². The molecule has 0 aromatic heterocycles. The number of ether oxygens (including phenoxy) is 2. The predicted octanol–water partition coefficient (Wildman–Crippen LogP) is 0.664. The average molecular weight is 221 g/mol.